The number of nitrogens with zero attached hydrogens (tertiary/aromatic N) is 5. The first-order valence-electron chi connectivity index (χ1n) is 11.4. The van der Waals surface area contributed by atoms with Crippen molar-refractivity contribution in [1.29, 1.82) is 0 Å². The summed E-state index contributed by atoms with van der Waals surface area (Å²) in [4.78, 5) is 15.6. The molecule has 8 nitrogen and oxygen atoms in total. The summed E-state index contributed by atoms with van der Waals surface area (Å²) < 4.78 is 14.7. The topological polar surface area (TPSA) is 88.0 Å². The number of thiophene rings is 1. The lowest BCUT2D eigenvalue weighted by Gasteiger charge is -2.16. The number of urea groups is 1. The van der Waals surface area contributed by atoms with Crippen LogP contribution in [0, 0.1) is 5.82 Å². The maximum atomic E-state index is 13.0. The Balaban J connectivity index is 1.22. The number of unbranched alkanes of at least 4 members (excludes halogenated alkanes) is 1. The van der Waals surface area contributed by atoms with E-state index in [0.29, 0.717) is 12.4 Å². The normalized spacial score (nSPS) is 11.1. The molecule has 182 valence electrons. The number of rotatable bonds is 10. The van der Waals surface area contributed by atoms with Gasteiger partial charge in [0.25, 0.3) is 0 Å². The van der Waals surface area contributed by atoms with Gasteiger partial charge >= 0.3 is 6.03 Å². The van der Waals surface area contributed by atoms with Crippen LogP contribution in [0.2, 0.25) is 0 Å². The fourth-order valence-electron chi connectivity index (χ4n) is 3.77. The van der Waals surface area contributed by atoms with Gasteiger partial charge in [0.2, 0.25) is 0 Å². The molecule has 2 N–H and O–H groups in total. The number of carbonyl (C=O) groups is 1. The molecular weight excluding hydrogens is 465 g/mol. The number of benzene rings is 2. The zero-order valence-electron chi connectivity index (χ0n) is 19.7. The molecule has 0 unspecified atom stereocenters. The standard InChI is InChI=1S/C25H28FN7OS/c1-32(17-18-8-10-20(26)11-9-18)14-4-3-13-27-25(34)28-21-7-5-6-19(16-21)23-22(12-15-35-23)24-29-30-31-33(24)2/h5-12,15-16H,3-4,13-14,17H2,1-2H3,(H2,27,28,34). The van der Waals surface area contributed by atoms with E-state index >= 15 is 0 Å². The third-order valence-electron chi connectivity index (χ3n) is 5.53. The molecule has 0 atom stereocenters. The number of tetrazole rings is 1. The van der Waals surface area contributed by atoms with Gasteiger partial charge < -0.3 is 15.5 Å². The molecule has 0 saturated carbocycles. The SMILES string of the molecule is CN(CCCCNC(=O)Nc1cccc(-c2sccc2-c2nnnn2C)c1)Cc1ccc(F)cc1. The largest absolute Gasteiger partial charge is 0.338 e. The molecular formula is C25H28FN7OS. The van der Waals surface area contributed by atoms with Crippen molar-refractivity contribution in [1.82, 2.24) is 30.4 Å². The quantitative estimate of drug-likeness (QED) is 0.311. The summed E-state index contributed by atoms with van der Waals surface area (Å²) in [6, 6.07) is 16.1. The van der Waals surface area contributed by atoms with E-state index in [1.54, 1.807) is 28.2 Å². The maximum Gasteiger partial charge on any atom is 0.319 e. The molecule has 4 aromatic rings. The maximum absolute atomic E-state index is 13.0. The Bertz CT molecular complexity index is 1250. The van der Waals surface area contributed by atoms with Gasteiger partial charge in [-0.15, -0.1) is 16.4 Å². The van der Waals surface area contributed by atoms with Gasteiger partial charge in [0.05, 0.1) is 0 Å². The van der Waals surface area contributed by atoms with E-state index in [4.69, 9.17) is 0 Å². The van der Waals surface area contributed by atoms with Crippen LogP contribution in [0.15, 0.2) is 60.0 Å². The highest BCUT2D eigenvalue weighted by molar-refractivity contribution is 7.14. The van der Waals surface area contributed by atoms with Crippen molar-refractivity contribution in [3.63, 3.8) is 0 Å². The van der Waals surface area contributed by atoms with Crippen LogP contribution in [-0.2, 0) is 13.6 Å². The van der Waals surface area contributed by atoms with Gasteiger partial charge in [-0.05, 0) is 83.7 Å². The molecule has 0 radical (unpaired) electrons. The Morgan fingerprint density at radius 1 is 1.14 bits per heavy atom. The minimum absolute atomic E-state index is 0.219. The van der Waals surface area contributed by atoms with Crippen LogP contribution in [0.25, 0.3) is 21.8 Å². The molecule has 2 amide bonds. The van der Waals surface area contributed by atoms with Crippen LogP contribution < -0.4 is 10.6 Å². The number of nitrogens with one attached hydrogen (secondary N) is 2. The van der Waals surface area contributed by atoms with Crippen molar-refractivity contribution in [2.45, 2.75) is 19.4 Å². The molecule has 0 aliphatic rings. The molecule has 0 bridgehead atoms. The number of halogens is 1. The summed E-state index contributed by atoms with van der Waals surface area (Å²) >= 11 is 1.60. The van der Waals surface area contributed by atoms with Gasteiger partial charge in [0.1, 0.15) is 5.82 Å². The molecule has 0 saturated heterocycles. The molecule has 2 aromatic heterocycles. The average molecular weight is 494 g/mol. The fourth-order valence-corrected chi connectivity index (χ4v) is 4.66. The third kappa shape index (κ3) is 6.71. The average Bonchev–Trinajstić information content (AvgIpc) is 3.49. The number of carbonyl (C=O) groups excluding carboxylic acids is 1. The number of aryl methyl sites for hydroxylation is 1. The minimum atomic E-state index is -0.231. The lowest BCUT2D eigenvalue weighted by atomic mass is 10.1. The monoisotopic (exact) mass is 493 g/mol. The number of hydrogen-bond donors (Lipinski definition) is 2. The van der Waals surface area contributed by atoms with Gasteiger partial charge in [0.15, 0.2) is 5.82 Å². The van der Waals surface area contributed by atoms with Crippen LogP contribution >= 0.6 is 11.3 Å². The Kier molecular flexibility index (Phi) is 8.17. The second-order valence-corrected chi connectivity index (χ2v) is 9.24. The van der Waals surface area contributed by atoms with Gasteiger partial charge in [-0.2, -0.15) is 0 Å². The first-order chi connectivity index (χ1) is 17.0. The van der Waals surface area contributed by atoms with E-state index in [1.165, 1.54) is 12.1 Å². The van der Waals surface area contributed by atoms with Gasteiger partial charge in [-0.1, -0.05) is 24.3 Å². The summed E-state index contributed by atoms with van der Waals surface area (Å²) in [7, 11) is 3.85. The highest BCUT2D eigenvalue weighted by Gasteiger charge is 2.15. The molecule has 0 spiro atoms. The highest BCUT2D eigenvalue weighted by Crippen LogP contribution is 2.36. The lowest BCUT2D eigenvalue weighted by Crippen LogP contribution is -2.30. The van der Waals surface area contributed by atoms with E-state index in [0.717, 1.165) is 53.2 Å². The smallest absolute Gasteiger partial charge is 0.319 e. The summed E-state index contributed by atoms with van der Waals surface area (Å²) in [6.07, 6.45) is 1.82. The summed E-state index contributed by atoms with van der Waals surface area (Å²) in [5, 5.41) is 19.6. The van der Waals surface area contributed by atoms with Crippen molar-refractivity contribution < 1.29 is 9.18 Å². The molecule has 0 aliphatic carbocycles. The van der Waals surface area contributed by atoms with Crippen molar-refractivity contribution in [2.24, 2.45) is 7.05 Å². The van der Waals surface area contributed by atoms with E-state index < -0.39 is 0 Å². The molecule has 10 heteroatoms. The molecule has 35 heavy (non-hydrogen) atoms. The summed E-state index contributed by atoms with van der Waals surface area (Å²) in [5.74, 6) is 0.476. The Morgan fingerprint density at radius 3 is 2.74 bits per heavy atom. The van der Waals surface area contributed by atoms with Crippen molar-refractivity contribution in [2.75, 3.05) is 25.5 Å². The lowest BCUT2D eigenvalue weighted by molar-refractivity contribution is 0.251. The first-order valence-corrected chi connectivity index (χ1v) is 12.3. The molecule has 2 heterocycles. The third-order valence-corrected chi connectivity index (χ3v) is 6.49. The number of amides is 2. The van der Waals surface area contributed by atoms with E-state index in [1.807, 2.05) is 49.8 Å². The molecule has 0 fully saturated rings. The van der Waals surface area contributed by atoms with Gasteiger partial charge in [-0.25, -0.2) is 13.9 Å². The molecule has 4 rings (SSSR count). The van der Waals surface area contributed by atoms with Gasteiger partial charge in [0, 0.05) is 36.3 Å². The summed E-state index contributed by atoms with van der Waals surface area (Å²) in [6.45, 7) is 2.25. The molecule has 2 aromatic carbocycles. The van der Waals surface area contributed by atoms with Crippen LogP contribution in [-0.4, -0.2) is 51.3 Å². The van der Waals surface area contributed by atoms with Gasteiger partial charge in [-0.3, -0.25) is 0 Å². The van der Waals surface area contributed by atoms with Crippen molar-refractivity contribution in [3.05, 3.63) is 71.4 Å². The minimum Gasteiger partial charge on any atom is -0.338 e. The number of hydrogen-bond acceptors (Lipinski definition) is 6. The first kappa shape index (κ1) is 24.5. The molecule has 0 aliphatic heterocycles. The van der Waals surface area contributed by atoms with E-state index in [2.05, 4.69) is 31.1 Å². The van der Waals surface area contributed by atoms with E-state index in [-0.39, 0.29) is 11.8 Å². The van der Waals surface area contributed by atoms with Crippen LogP contribution in [0.4, 0.5) is 14.9 Å². The van der Waals surface area contributed by atoms with Crippen molar-refractivity contribution in [3.8, 4) is 21.8 Å². The van der Waals surface area contributed by atoms with Crippen molar-refractivity contribution >= 4 is 23.1 Å². The Labute approximate surface area is 207 Å². The predicted octanol–water partition coefficient (Wildman–Crippen LogP) is 4.78. The van der Waals surface area contributed by atoms with Crippen LogP contribution in [0.3, 0.4) is 0 Å². The zero-order chi connectivity index (χ0) is 24.6. The van der Waals surface area contributed by atoms with Crippen LogP contribution in [0.5, 0.6) is 0 Å². The zero-order valence-corrected chi connectivity index (χ0v) is 20.6. The fraction of sp³-hybridized carbons (Fsp3) is 0.280. The predicted molar refractivity (Wildman–Crippen MR) is 137 cm³/mol. The number of aromatic nitrogens is 4. The van der Waals surface area contributed by atoms with Crippen LogP contribution in [0.1, 0.15) is 18.4 Å². The second-order valence-electron chi connectivity index (χ2n) is 8.32. The highest BCUT2D eigenvalue weighted by atomic mass is 32.1. The Hall–Kier alpha value is -3.63. The second kappa shape index (κ2) is 11.7. The number of anilines is 1. The van der Waals surface area contributed by atoms with E-state index in [9.17, 15) is 9.18 Å². The Morgan fingerprint density at radius 2 is 1.97 bits per heavy atom. The summed E-state index contributed by atoms with van der Waals surface area (Å²) in [5.41, 5.74) is 3.74.